The number of ether oxygens (including phenoxy) is 1. The van der Waals surface area contributed by atoms with E-state index >= 15 is 0 Å². The summed E-state index contributed by atoms with van der Waals surface area (Å²) in [5, 5.41) is 13.0. The van der Waals surface area contributed by atoms with Crippen LogP contribution in [-0.2, 0) is 22.6 Å². The summed E-state index contributed by atoms with van der Waals surface area (Å²) in [6, 6.07) is 9.24. The number of halogens is 1. The molecule has 0 spiro atoms. The molecular formula is C22H27FN2O4Si. The Morgan fingerprint density at radius 2 is 1.97 bits per heavy atom. The molecule has 0 saturated heterocycles. The Labute approximate surface area is 176 Å². The third kappa shape index (κ3) is 4.54. The van der Waals surface area contributed by atoms with Crippen LogP contribution in [0.2, 0.25) is 19.6 Å². The largest absolute Gasteiger partial charge is 0.465 e. The highest BCUT2D eigenvalue weighted by molar-refractivity contribution is 6.88. The van der Waals surface area contributed by atoms with Gasteiger partial charge in [-0.25, -0.2) is 9.18 Å². The van der Waals surface area contributed by atoms with Gasteiger partial charge in [0.2, 0.25) is 0 Å². The molecule has 2 aromatic rings. The first-order chi connectivity index (χ1) is 14.1. The lowest BCUT2D eigenvalue weighted by Crippen LogP contribution is -2.45. The molecule has 1 heterocycles. The van der Waals surface area contributed by atoms with Crippen molar-refractivity contribution in [3.63, 3.8) is 0 Å². The number of carbonyl (C=O) groups excluding carboxylic acids is 1. The second-order valence-electron chi connectivity index (χ2n) is 8.53. The molecule has 0 fully saturated rings. The molecule has 1 aliphatic heterocycles. The molecule has 1 atom stereocenters. The van der Waals surface area contributed by atoms with Gasteiger partial charge in [0.15, 0.2) is 0 Å². The Morgan fingerprint density at radius 1 is 1.23 bits per heavy atom. The van der Waals surface area contributed by atoms with Crippen molar-refractivity contribution in [2.24, 2.45) is 0 Å². The maximum atomic E-state index is 14.6. The van der Waals surface area contributed by atoms with E-state index in [0.29, 0.717) is 29.5 Å². The molecule has 0 aromatic heterocycles. The number of methoxy groups -OCH3 is 1. The van der Waals surface area contributed by atoms with E-state index in [-0.39, 0.29) is 12.4 Å². The van der Waals surface area contributed by atoms with Gasteiger partial charge in [-0.2, -0.15) is 0 Å². The van der Waals surface area contributed by atoms with Crippen LogP contribution in [0.1, 0.15) is 22.7 Å². The van der Waals surface area contributed by atoms with Gasteiger partial charge in [0.25, 0.3) is 5.91 Å². The van der Waals surface area contributed by atoms with Gasteiger partial charge in [-0.15, -0.1) is 0 Å². The second-order valence-corrected chi connectivity index (χ2v) is 13.6. The van der Waals surface area contributed by atoms with Gasteiger partial charge in [-0.1, -0.05) is 43.9 Å². The van der Waals surface area contributed by atoms with E-state index in [2.05, 4.69) is 5.32 Å². The lowest BCUT2D eigenvalue weighted by Gasteiger charge is -2.34. The van der Waals surface area contributed by atoms with Crippen LogP contribution >= 0.6 is 0 Å². The molecule has 3 rings (SSSR count). The summed E-state index contributed by atoms with van der Waals surface area (Å²) in [5.74, 6) is -0.853. The van der Waals surface area contributed by atoms with Crippen molar-refractivity contribution in [3.8, 4) is 0 Å². The van der Waals surface area contributed by atoms with Gasteiger partial charge < -0.3 is 15.2 Å². The van der Waals surface area contributed by atoms with Crippen LogP contribution in [0.4, 0.5) is 14.9 Å². The summed E-state index contributed by atoms with van der Waals surface area (Å²) >= 11 is 0. The standard InChI is InChI=1S/C22H27FN2O4Si/c1-29-13-14-5-7-17-15(11-14)9-10-25(22(27)28)20(17)21(26)24-16-6-8-19(18(23)12-16)30(2,3)4/h5-8,11-12,20H,9-10,13H2,1-4H3,(H,24,26)(H,27,28). The summed E-state index contributed by atoms with van der Waals surface area (Å²) in [4.78, 5) is 26.0. The Hall–Kier alpha value is -2.71. The predicted molar refractivity (Wildman–Crippen MR) is 116 cm³/mol. The van der Waals surface area contributed by atoms with Gasteiger partial charge in [0.05, 0.1) is 14.7 Å². The van der Waals surface area contributed by atoms with E-state index in [9.17, 15) is 19.1 Å². The molecule has 160 valence electrons. The van der Waals surface area contributed by atoms with Crippen molar-refractivity contribution < 1.29 is 23.8 Å². The fourth-order valence-electron chi connectivity index (χ4n) is 3.84. The van der Waals surface area contributed by atoms with Crippen LogP contribution in [0.15, 0.2) is 36.4 Å². The van der Waals surface area contributed by atoms with E-state index < -0.39 is 26.1 Å². The first-order valence-electron chi connectivity index (χ1n) is 9.83. The minimum absolute atomic E-state index is 0.208. The van der Waals surface area contributed by atoms with Crippen LogP contribution < -0.4 is 10.5 Å². The van der Waals surface area contributed by atoms with Crippen LogP contribution in [0, 0.1) is 5.82 Å². The summed E-state index contributed by atoms with van der Waals surface area (Å²) in [6.07, 6.45) is -0.648. The fraction of sp³-hybridized carbons (Fsp3) is 0.364. The number of anilines is 1. The lowest BCUT2D eigenvalue weighted by molar-refractivity contribution is -0.121. The normalized spacial score (nSPS) is 16.2. The minimum atomic E-state index is -1.84. The summed E-state index contributed by atoms with van der Waals surface area (Å²) in [7, 11) is -0.237. The first-order valence-corrected chi connectivity index (χ1v) is 13.3. The maximum Gasteiger partial charge on any atom is 0.408 e. The molecule has 0 radical (unpaired) electrons. The SMILES string of the molecule is COCc1ccc2c(c1)CCN(C(=O)O)C2C(=O)Nc1ccc([Si](C)(C)C)c(F)c1. The van der Waals surface area contributed by atoms with Gasteiger partial charge in [-0.3, -0.25) is 9.69 Å². The molecule has 30 heavy (non-hydrogen) atoms. The Kier molecular flexibility index (Phi) is 6.28. The topological polar surface area (TPSA) is 78.9 Å². The van der Waals surface area contributed by atoms with E-state index in [1.165, 1.54) is 6.07 Å². The van der Waals surface area contributed by atoms with Crippen molar-refractivity contribution >= 4 is 30.9 Å². The quantitative estimate of drug-likeness (QED) is 0.709. The highest BCUT2D eigenvalue weighted by atomic mass is 28.3. The number of rotatable bonds is 5. The number of benzene rings is 2. The minimum Gasteiger partial charge on any atom is -0.465 e. The van der Waals surface area contributed by atoms with Crippen molar-refractivity contribution in [1.29, 1.82) is 0 Å². The van der Waals surface area contributed by atoms with Crippen LogP contribution in [0.3, 0.4) is 0 Å². The average molecular weight is 431 g/mol. The molecule has 2 amide bonds. The third-order valence-corrected chi connectivity index (χ3v) is 7.31. The summed E-state index contributed by atoms with van der Waals surface area (Å²) < 4.78 is 19.7. The smallest absolute Gasteiger partial charge is 0.408 e. The third-order valence-electron chi connectivity index (χ3n) is 5.29. The van der Waals surface area contributed by atoms with E-state index in [0.717, 1.165) is 16.0 Å². The Balaban J connectivity index is 1.91. The number of amides is 2. The average Bonchev–Trinajstić information content (AvgIpc) is 2.66. The van der Waals surface area contributed by atoms with Crippen molar-refractivity contribution in [3.05, 3.63) is 58.9 Å². The maximum absolute atomic E-state index is 14.6. The second kappa shape index (κ2) is 8.57. The molecule has 8 heteroatoms. The van der Waals surface area contributed by atoms with Crippen molar-refractivity contribution in [2.75, 3.05) is 19.0 Å². The molecular weight excluding hydrogens is 403 g/mol. The summed E-state index contributed by atoms with van der Waals surface area (Å²) in [6.45, 7) is 6.79. The lowest BCUT2D eigenvalue weighted by atomic mass is 9.90. The van der Waals surface area contributed by atoms with E-state index in [1.807, 2.05) is 31.8 Å². The van der Waals surface area contributed by atoms with E-state index in [4.69, 9.17) is 4.74 Å². The van der Waals surface area contributed by atoms with Gasteiger partial charge in [0, 0.05) is 19.3 Å². The van der Waals surface area contributed by atoms with Crippen molar-refractivity contribution in [2.45, 2.75) is 38.7 Å². The molecule has 6 nitrogen and oxygen atoms in total. The Morgan fingerprint density at radius 3 is 2.57 bits per heavy atom. The molecule has 2 aromatic carbocycles. The van der Waals surface area contributed by atoms with E-state index in [1.54, 1.807) is 25.3 Å². The van der Waals surface area contributed by atoms with Crippen molar-refractivity contribution in [1.82, 2.24) is 4.90 Å². The monoisotopic (exact) mass is 430 g/mol. The van der Waals surface area contributed by atoms with Crippen LogP contribution in [-0.4, -0.2) is 43.7 Å². The zero-order valence-electron chi connectivity index (χ0n) is 17.7. The van der Waals surface area contributed by atoms with Crippen LogP contribution in [0.25, 0.3) is 0 Å². The predicted octanol–water partition coefficient (Wildman–Crippen LogP) is 3.73. The Bertz CT molecular complexity index is 974. The zero-order valence-corrected chi connectivity index (χ0v) is 18.7. The highest BCUT2D eigenvalue weighted by Crippen LogP contribution is 2.32. The fourth-order valence-corrected chi connectivity index (χ4v) is 5.21. The molecule has 0 saturated carbocycles. The van der Waals surface area contributed by atoms with Gasteiger partial charge >= 0.3 is 6.09 Å². The molecule has 1 aliphatic rings. The van der Waals surface area contributed by atoms with Crippen LogP contribution in [0.5, 0.6) is 0 Å². The molecule has 0 bridgehead atoms. The highest BCUT2D eigenvalue weighted by Gasteiger charge is 2.36. The summed E-state index contributed by atoms with van der Waals surface area (Å²) in [5.41, 5.74) is 2.83. The number of nitrogens with zero attached hydrogens (tertiary/aromatic N) is 1. The van der Waals surface area contributed by atoms with Gasteiger partial charge in [-0.05, 0) is 40.4 Å². The number of carbonyl (C=O) groups is 2. The molecule has 1 unspecified atom stereocenters. The number of carboxylic acid groups (broad SMARTS) is 1. The zero-order chi connectivity index (χ0) is 22.1. The number of nitrogens with one attached hydrogen (secondary N) is 1. The number of hydrogen-bond donors (Lipinski definition) is 2. The van der Waals surface area contributed by atoms with Gasteiger partial charge in [0.1, 0.15) is 11.9 Å². The number of hydrogen-bond acceptors (Lipinski definition) is 3. The first kappa shape index (κ1) is 22.0. The molecule has 0 aliphatic carbocycles. The number of fused-ring (bicyclic) bond motifs is 1. The molecule has 2 N–H and O–H groups in total.